The van der Waals surface area contributed by atoms with E-state index in [1.165, 1.54) is 6.92 Å². The van der Waals surface area contributed by atoms with Gasteiger partial charge in [-0.05, 0) is 44.0 Å². The first-order valence-electron chi connectivity index (χ1n) is 11.2. The van der Waals surface area contributed by atoms with E-state index in [0.717, 1.165) is 24.0 Å². The van der Waals surface area contributed by atoms with Crippen LogP contribution in [0.15, 0.2) is 42.5 Å². The Kier molecular flexibility index (Phi) is 7.67. The molecule has 2 aromatic rings. The Bertz CT molecular complexity index is 1200. The van der Waals surface area contributed by atoms with Gasteiger partial charge in [-0.15, -0.1) is 0 Å². The number of nitrogens with zero attached hydrogens (tertiary/aromatic N) is 1. The molecule has 0 saturated carbocycles. The van der Waals surface area contributed by atoms with Crippen molar-refractivity contribution in [3.63, 3.8) is 0 Å². The maximum absolute atomic E-state index is 13.4. The highest BCUT2D eigenvalue weighted by Crippen LogP contribution is 2.43. The molecule has 2 aromatic carbocycles. The molecule has 192 valence electrons. The number of halogens is 4. The molecular formula is C24H28ClF3N2O4S. The van der Waals surface area contributed by atoms with Gasteiger partial charge >= 0.3 is 6.18 Å². The minimum atomic E-state index is -4.79. The van der Waals surface area contributed by atoms with E-state index in [1.807, 2.05) is 38.1 Å². The third-order valence-corrected chi connectivity index (χ3v) is 7.97. The number of amides is 1. The first-order chi connectivity index (χ1) is 16.2. The summed E-state index contributed by atoms with van der Waals surface area (Å²) in [4.78, 5) is 13.3. The van der Waals surface area contributed by atoms with Crippen molar-refractivity contribution in [1.82, 2.24) is 5.32 Å². The van der Waals surface area contributed by atoms with Crippen molar-refractivity contribution in [2.75, 3.05) is 10.6 Å². The lowest BCUT2D eigenvalue weighted by Gasteiger charge is -2.42. The molecule has 1 aliphatic rings. The zero-order valence-corrected chi connectivity index (χ0v) is 21.4. The van der Waals surface area contributed by atoms with Crippen LogP contribution >= 0.6 is 11.6 Å². The zero-order valence-electron chi connectivity index (χ0n) is 19.8. The Balaban J connectivity index is 1.96. The Hall–Kier alpha value is -2.46. The largest absolute Gasteiger partial charge is 0.487 e. The van der Waals surface area contributed by atoms with E-state index in [-0.39, 0.29) is 5.69 Å². The maximum atomic E-state index is 13.4. The molecule has 1 aliphatic heterocycles. The van der Waals surface area contributed by atoms with Crippen LogP contribution in [0.5, 0.6) is 5.75 Å². The summed E-state index contributed by atoms with van der Waals surface area (Å²) in [6, 6.07) is 8.22. The van der Waals surface area contributed by atoms with E-state index >= 15 is 0 Å². The summed E-state index contributed by atoms with van der Waals surface area (Å²) in [5, 5.41) is 2.34. The number of carbonyl (C=O) groups is 1. The number of rotatable bonds is 7. The molecule has 0 aromatic heterocycles. The van der Waals surface area contributed by atoms with Gasteiger partial charge in [0.15, 0.2) is 0 Å². The van der Waals surface area contributed by atoms with Gasteiger partial charge in [0.05, 0.1) is 28.6 Å². The van der Waals surface area contributed by atoms with Crippen molar-refractivity contribution < 1.29 is 31.1 Å². The van der Waals surface area contributed by atoms with Crippen molar-refractivity contribution in [3.8, 4) is 5.75 Å². The number of hydrogen-bond donors (Lipinski definition) is 1. The van der Waals surface area contributed by atoms with Gasteiger partial charge in [0, 0.05) is 12.0 Å². The summed E-state index contributed by atoms with van der Waals surface area (Å²) < 4.78 is 72.3. The fraction of sp³-hybridized carbons (Fsp3) is 0.458. The Morgan fingerprint density at radius 1 is 1.23 bits per heavy atom. The normalized spacial score (nSPS) is 18.2. The predicted octanol–water partition coefficient (Wildman–Crippen LogP) is 5.71. The van der Waals surface area contributed by atoms with Gasteiger partial charge in [-0.2, -0.15) is 13.2 Å². The third-order valence-electron chi connectivity index (χ3n) is 6.40. The number of hydrogen-bond acceptors (Lipinski definition) is 4. The molecule has 3 rings (SSSR count). The van der Waals surface area contributed by atoms with Crippen LogP contribution in [0.2, 0.25) is 5.02 Å². The average molecular weight is 533 g/mol. The molecule has 0 radical (unpaired) electrons. The smallest absolute Gasteiger partial charge is 0.417 e. The fourth-order valence-corrected chi connectivity index (χ4v) is 5.79. The van der Waals surface area contributed by atoms with Gasteiger partial charge < -0.3 is 10.1 Å². The van der Waals surface area contributed by atoms with Gasteiger partial charge in [-0.1, -0.05) is 43.6 Å². The van der Waals surface area contributed by atoms with Gasteiger partial charge in [0.2, 0.25) is 15.9 Å². The highest BCUT2D eigenvalue weighted by molar-refractivity contribution is 7.92. The summed E-state index contributed by atoms with van der Waals surface area (Å²) in [6.07, 6.45) is -2.10. The average Bonchev–Trinajstić information content (AvgIpc) is 2.78. The second-order valence-electron chi connectivity index (χ2n) is 8.69. The Morgan fingerprint density at radius 2 is 1.86 bits per heavy atom. The van der Waals surface area contributed by atoms with Crippen molar-refractivity contribution in [2.24, 2.45) is 0 Å². The van der Waals surface area contributed by atoms with Crippen LogP contribution in [0.25, 0.3) is 0 Å². The van der Waals surface area contributed by atoms with Crippen LogP contribution in [0.4, 0.5) is 18.9 Å². The van der Waals surface area contributed by atoms with E-state index in [9.17, 15) is 26.4 Å². The number of nitrogens with one attached hydrogen (secondary N) is 1. The van der Waals surface area contributed by atoms with Crippen molar-refractivity contribution >= 4 is 33.2 Å². The van der Waals surface area contributed by atoms with Gasteiger partial charge in [0.1, 0.15) is 17.4 Å². The van der Waals surface area contributed by atoms with Gasteiger partial charge in [-0.3, -0.25) is 9.10 Å². The summed E-state index contributed by atoms with van der Waals surface area (Å²) in [7, 11) is -4.13. The van der Waals surface area contributed by atoms with Crippen LogP contribution in [0, 0.1) is 0 Å². The molecule has 0 spiro atoms. The molecule has 0 fully saturated rings. The second kappa shape index (κ2) is 9.89. The van der Waals surface area contributed by atoms with Crippen LogP contribution in [-0.2, 0) is 21.0 Å². The van der Waals surface area contributed by atoms with Crippen molar-refractivity contribution in [3.05, 3.63) is 58.6 Å². The molecular weight excluding hydrogens is 505 g/mol. The highest BCUT2D eigenvalue weighted by Gasteiger charge is 2.41. The number of alkyl halides is 3. The lowest BCUT2D eigenvalue weighted by atomic mass is 9.83. The molecule has 11 heteroatoms. The minimum absolute atomic E-state index is 0.310. The molecule has 0 saturated heterocycles. The van der Waals surface area contributed by atoms with Crippen LogP contribution in [-0.4, -0.2) is 32.2 Å². The lowest BCUT2D eigenvalue weighted by Crippen LogP contribution is -2.51. The number of anilines is 1. The minimum Gasteiger partial charge on any atom is -0.487 e. The number of fused-ring (bicyclic) bond motifs is 1. The molecule has 1 amide bonds. The van der Waals surface area contributed by atoms with Crippen molar-refractivity contribution in [1.29, 1.82) is 0 Å². The van der Waals surface area contributed by atoms with Crippen LogP contribution in [0.1, 0.15) is 57.2 Å². The quantitative estimate of drug-likeness (QED) is 0.495. The van der Waals surface area contributed by atoms with Crippen LogP contribution < -0.4 is 14.4 Å². The van der Waals surface area contributed by atoms with E-state index in [1.54, 1.807) is 0 Å². The molecule has 6 nitrogen and oxygen atoms in total. The monoisotopic (exact) mass is 532 g/mol. The van der Waals surface area contributed by atoms with Gasteiger partial charge in [0.25, 0.3) is 0 Å². The number of ether oxygens (including phenoxy) is 1. The molecule has 35 heavy (non-hydrogen) atoms. The topological polar surface area (TPSA) is 75.7 Å². The second-order valence-corrected chi connectivity index (χ2v) is 11.0. The molecule has 2 atom stereocenters. The van der Waals surface area contributed by atoms with Crippen LogP contribution in [0.3, 0.4) is 0 Å². The van der Waals surface area contributed by atoms with E-state index in [0.29, 0.717) is 35.4 Å². The maximum Gasteiger partial charge on any atom is 0.417 e. The molecule has 0 aliphatic carbocycles. The Morgan fingerprint density at radius 3 is 2.43 bits per heavy atom. The van der Waals surface area contributed by atoms with E-state index in [4.69, 9.17) is 16.3 Å². The summed E-state index contributed by atoms with van der Waals surface area (Å²) in [6.45, 7) is 5.31. The number of benzene rings is 2. The van der Waals surface area contributed by atoms with E-state index in [2.05, 4.69) is 5.32 Å². The first-order valence-corrected chi connectivity index (χ1v) is 13.4. The molecule has 1 N–H and O–H groups in total. The summed E-state index contributed by atoms with van der Waals surface area (Å²) in [5.41, 5.74) is -1.26. The molecule has 0 bridgehead atoms. The molecule has 2 unspecified atom stereocenters. The summed E-state index contributed by atoms with van der Waals surface area (Å²) in [5.74, 6) is -0.0189. The predicted molar refractivity (Wildman–Crippen MR) is 129 cm³/mol. The van der Waals surface area contributed by atoms with E-state index < -0.39 is 50.4 Å². The number of para-hydroxylation sites is 1. The molecule has 1 heterocycles. The fourth-order valence-electron chi connectivity index (χ4n) is 4.40. The SMILES string of the molecule is CCC1(CC)CC(NC(=O)C(C)N(c2ccc(Cl)c(C(F)(F)F)c2)S(C)(=O)=O)c2ccccc2O1. The Labute approximate surface area is 208 Å². The van der Waals surface area contributed by atoms with Gasteiger partial charge in [-0.25, -0.2) is 8.42 Å². The highest BCUT2D eigenvalue weighted by atomic mass is 35.5. The third kappa shape index (κ3) is 5.69. The van der Waals surface area contributed by atoms with Crippen molar-refractivity contribution in [2.45, 2.75) is 63.9 Å². The number of carbonyl (C=O) groups excluding carboxylic acids is 1. The standard InChI is InChI=1S/C24H28ClF3N2O4S/c1-5-23(6-2)14-20(17-9-7-8-10-21(17)34-23)29-22(31)15(3)30(35(4,32)33)16-11-12-19(25)18(13-16)24(26,27)28/h7-13,15,20H,5-6,14H2,1-4H3,(H,29,31). The number of sulfonamides is 1. The lowest BCUT2D eigenvalue weighted by molar-refractivity contribution is -0.137. The zero-order chi connectivity index (χ0) is 26.2. The first kappa shape index (κ1) is 27.1. The summed E-state index contributed by atoms with van der Waals surface area (Å²) >= 11 is 5.69.